The van der Waals surface area contributed by atoms with Gasteiger partial charge in [-0.05, 0) is 32.2 Å². The van der Waals surface area contributed by atoms with Crippen LogP contribution in [0.3, 0.4) is 0 Å². The number of hydrogen-bond donors (Lipinski definition) is 1. The minimum atomic E-state index is -0.253. The van der Waals surface area contributed by atoms with Gasteiger partial charge in [0.1, 0.15) is 12.1 Å². The van der Waals surface area contributed by atoms with Crippen LogP contribution >= 0.6 is 0 Å². The summed E-state index contributed by atoms with van der Waals surface area (Å²) in [6.45, 7) is 1.73. The van der Waals surface area contributed by atoms with Crippen LogP contribution in [0.1, 0.15) is 32.1 Å². The highest BCUT2D eigenvalue weighted by Crippen LogP contribution is 2.28. The lowest BCUT2D eigenvalue weighted by Gasteiger charge is -2.28. The topological polar surface area (TPSA) is 53.9 Å². The molecule has 0 aromatic heterocycles. The van der Waals surface area contributed by atoms with Gasteiger partial charge in [0, 0.05) is 13.1 Å². The van der Waals surface area contributed by atoms with Crippen molar-refractivity contribution in [3.05, 3.63) is 0 Å². The number of carbonyl (C=O) groups is 1. The van der Waals surface area contributed by atoms with E-state index in [0.29, 0.717) is 5.92 Å². The molecule has 3 rings (SSSR count). The van der Waals surface area contributed by atoms with E-state index in [1.807, 2.05) is 11.9 Å². The van der Waals surface area contributed by atoms with Gasteiger partial charge in [-0.15, -0.1) is 0 Å². The van der Waals surface area contributed by atoms with Crippen LogP contribution in [0.15, 0.2) is 4.99 Å². The van der Waals surface area contributed by atoms with E-state index in [0.717, 1.165) is 19.5 Å². The molecule has 0 spiro atoms. The highest BCUT2D eigenvalue weighted by atomic mass is 16.5. The van der Waals surface area contributed by atoms with E-state index in [1.165, 1.54) is 32.1 Å². The molecule has 1 aliphatic carbocycles. The van der Waals surface area contributed by atoms with E-state index in [-0.39, 0.29) is 24.1 Å². The molecule has 2 heterocycles. The molecule has 3 aliphatic rings. The summed E-state index contributed by atoms with van der Waals surface area (Å²) in [6.07, 6.45) is 7.50. The van der Waals surface area contributed by atoms with Crippen molar-refractivity contribution in [2.24, 2.45) is 10.9 Å². The third-order valence-electron chi connectivity index (χ3n) is 4.71. The smallest absolute Gasteiger partial charge is 0.243 e. The molecular weight excluding hydrogens is 242 g/mol. The number of rotatable bonds is 3. The Balaban J connectivity index is 1.70. The molecule has 5 heteroatoms. The number of hydrogen-bond acceptors (Lipinski definition) is 4. The number of amides is 1. The van der Waals surface area contributed by atoms with Gasteiger partial charge < -0.3 is 15.0 Å². The van der Waals surface area contributed by atoms with E-state index in [2.05, 4.69) is 10.3 Å². The lowest BCUT2D eigenvalue weighted by Crippen LogP contribution is -2.52. The molecule has 1 saturated heterocycles. The van der Waals surface area contributed by atoms with Crippen LogP contribution in [-0.2, 0) is 9.53 Å². The second kappa shape index (κ2) is 5.49. The van der Waals surface area contributed by atoms with Gasteiger partial charge in [0.25, 0.3) is 0 Å². The zero-order chi connectivity index (χ0) is 13.2. The average Bonchev–Trinajstić information content (AvgIpc) is 3.04. The van der Waals surface area contributed by atoms with Crippen LogP contribution in [-0.4, -0.2) is 55.5 Å². The number of nitrogens with zero attached hydrogens (tertiary/aromatic N) is 2. The van der Waals surface area contributed by atoms with Crippen molar-refractivity contribution in [2.45, 2.75) is 50.3 Å². The van der Waals surface area contributed by atoms with Gasteiger partial charge in [-0.1, -0.05) is 12.8 Å². The van der Waals surface area contributed by atoms with Crippen molar-refractivity contribution in [1.82, 2.24) is 10.2 Å². The van der Waals surface area contributed by atoms with Crippen molar-refractivity contribution in [1.29, 1.82) is 0 Å². The molecular formula is C14H23N3O2. The molecule has 1 saturated carbocycles. The number of nitrogens with one attached hydrogen (secondary N) is 1. The second-order valence-corrected chi connectivity index (χ2v) is 5.91. The van der Waals surface area contributed by atoms with Gasteiger partial charge in [-0.3, -0.25) is 9.79 Å². The third kappa shape index (κ3) is 2.48. The molecule has 0 aromatic carbocycles. The summed E-state index contributed by atoms with van der Waals surface area (Å²) in [4.78, 5) is 19.0. The largest absolute Gasteiger partial charge is 0.476 e. The first-order valence-electron chi connectivity index (χ1n) is 7.42. The maximum absolute atomic E-state index is 12.6. The quantitative estimate of drug-likeness (QED) is 0.821. The SMILES string of the molecule is CNC1C(=O)N(CC2CCCC2)CCC2N=COC21. The van der Waals surface area contributed by atoms with Crippen molar-refractivity contribution in [3.8, 4) is 0 Å². The maximum atomic E-state index is 12.6. The molecule has 1 N–H and O–H groups in total. The van der Waals surface area contributed by atoms with E-state index >= 15 is 0 Å². The Kier molecular flexibility index (Phi) is 3.73. The lowest BCUT2D eigenvalue weighted by molar-refractivity contribution is -0.135. The fourth-order valence-electron chi connectivity index (χ4n) is 3.61. The first kappa shape index (κ1) is 12.9. The van der Waals surface area contributed by atoms with Gasteiger partial charge in [0.2, 0.25) is 5.91 Å². The van der Waals surface area contributed by atoms with Crippen molar-refractivity contribution < 1.29 is 9.53 Å². The Morgan fingerprint density at radius 2 is 2.21 bits per heavy atom. The standard InChI is InChI=1S/C14H23N3O2/c1-15-12-13-11(16-9-19-13)6-7-17(14(12)18)8-10-4-2-3-5-10/h9-13,15H,2-8H2,1H3. The molecule has 2 aliphatic heterocycles. The third-order valence-corrected chi connectivity index (χ3v) is 4.71. The molecule has 19 heavy (non-hydrogen) atoms. The number of likely N-dealkylation sites (N-methyl/N-ethyl adjacent to an activating group) is 1. The number of likely N-dealkylation sites (tertiary alicyclic amines) is 1. The molecule has 1 amide bonds. The Morgan fingerprint density at radius 3 is 2.95 bits per heavy atom. The summed E-state index contributed by atoms with van der Waals surface area (Å²) < 4.78 is 5.53. The van der Waals surface area contributed by atoms with Gasteiger partial charge >= 0.3 is 0 Å². The predicted molar refractivity (Wildman–Crippen MR) is 73.2 cm³/mol. The first-order valence-corrected chi connectivity index (χ1v) is 7.42. The first-order chi connectivity index (χ1) is 9.29. The fourth-order valence-corrected chi connectivity index (χ4v) is 3.61. The van der Waals surface area contributed by atoms with E-state index in [1.54, 1.807) is 0 Å². The molecule has 2 fully saturated rings. The van der Waals surface area contributed by atoms with Crippen LogP contribution in [0.2, 0.25) is 0 Å². The van der Waals surface area contributed by atoms with Crippen LogP contribution in [0.5, 0.6) is 0 Å². The number of carbonyl (C=O) groups excluding carboxylic acids is 1. The Hall–Kier alpha value is -1.10. The highest BCUT2D eigenvalue weighted by molar-refractivity contribution is 5.83. The highest BCUT2D eigenvalue weighted by Gasteiger charge is 2.42. The van der Waals surface area contributed by atoms with Crippen molar-refractivity contribution in [3.63, 3.8) is 0 Å². The molecule has 0 aromatic rings. The van der Waals surface area contributed by atoms with Crippen LogP contribution < -0.4 is 5.32 Å². The van der Waals surface area contributed by atoms with Crippen LogP contribution in [0, 0.1) is 5.92 Å². The van der Waals surface area contributed by atoms with Crippen LogP contribution in [0.4, 0.5) is 0 Å². The molecule has 0 bridgehead atoms. The lowest BCUT2D eigenvalue weighted by atomic mass is 10.0. The average molecular weight is 265 g/mol. The zero-order valence-electron chi connectivity index (χ0n) is 11.5. The van der Waals surface area contributed by atoms with E-state index in [9.17, 15) is 4.79 Å². The van der Waals surface area contributed by atoms with Crippen LogP contribution in [0.25, 0.3) is 0 Å². The Labute approximate surface area is 114 Å². The summed E-state index contributed by atoms with van der Waals surface area (Å²) in [5.41, 5.74) is 0. The molecule has 3 atom stereocenters. The fraction of sp³-hybridized carbons (Fsp3) is 0.857. The zero-order valence-corrected chi connectivity index (χ0v) is 11.5. The monoisotopic (exact) mass is 265 g/mol. The molecule has 3 unspecified atom stereocenters. The summed E-state index contributed by atoms with van der Waals surface area (Å²) in [6, 6.07) is -0.119. The summed E-state index contributed by atoms with van der Waals surface area (Å²) in [5, 5.41) is 3.12. The van der Waals surface area contributed by atoms with Gasteiger partial charge in [-0.2, -0.15) is 0 Å². The van der Waals surface area contributed by atoms with Crippen molar-refractivity contribution in [2.75, 3.05) is 20.1 Å². The van der Waals surface area contributed by atoms with E-state index < -0.39 is 0 Å². The number of fused-ring (bicyclic) bond motifs is 1. The number of ether oxygens (including phenoxy) is 1. The van der Waals surface area contributed by atoms with Gasteiger partial charge in [0.15, 0.2) is 6.40 Å². The predicted octanol–water partition coefficient (Wildman–Crippen LogP) is 0.793. The number of aliphatic imine (C=N–C) groups is 1. The summed E-state index contributed by atoms with van der Waals surface area (Å²) in [7, 11) is 1.83. The molecule has 0 radical (unpaired) electrons. The molecule has 5 nitrogen and oxygen atoms in total. The Bertz CT molecular complexity index is 366. The summed E-state index contributed by atoms with van der Waals surface area (Å²) >= 11 is 0. The second-order valence-electron chi connectivity index (χ2n) is 5.91. The minimum absolute atomic E-state index is 0.119. The normalized spacial score (nSPS) is 35.3. The molecule has 106 valence electrons. The van der Waals surface area contributed by atoms with Gasteiger partial charge in [0.05, 0.1) is 6.04 Å². The van der Waals surface area contributed by atoms with E-state index in [4.69, 9.17) is 4.74 Å². The minimum Gasteiger partial charge on any atom is -0.476 e. The van der Waals surface area contributed by atoms with Crippen molar-refractivity contribution >= 4 is 12.3 Å². The maximum Gasteiger partial charge on any atom is 0.243 e. The van der Waals surface area contributed by atoms with Gasteiger partial charge in [-0.25, -0.2) is 0 Å². The summed E-state index contributed by atoms with van der Waals surface area (Å²) in [5.74, 6) is 0.885. The Morgan fingerprint density at radius 1 is 1.42 bits per heavy atom.